The largest absolute Gasteiger partial charge is 0.497 e. The lowest BCUT2D eigenvalue weighted by Gasteiger charge is -2.33. The molecule has 9 heteroatoms. The van der Waals surface area contributed by atoms with E-state index in [4.69, 9.17) is 4.74 Å². The van der Waals surface area contributed by atoms with Crippen molar-refractivity contribution in [2.75, 3.05) is 30.8 Å². The van der Waals surface area contributed by atoms with Gasteiger partial charge in [0.2, 0.25) is 21.8 Å². The maximum absolute atomic E-state index is 13.6. The average Bonchev–Trinajstić information content (AvgIpc) is 2.80. The number of carbonyl (C=O) groups excluding carboxylic acids is 2. The Bertz CT molecular complexity index is 1100. The molecule has 0 aliphatic rings. The van der Waals surface area contributed by atoms with Crippen LogP contribution in [-0.4, -0.2) is 57.6 Å². The SMILES string of the molecule is CC[C@@H](C(=O)NCC(C)C)N(Cc1ccc(OC)cc1)C(=O)CN(c1cccc(C)c1)S(C)(=O)=O. The van der Waals surface area contributed by atoms with E-state index in [2.05, 4.69) is 5.32 Å². The molecule has 0 saturated heterocycles. The van der Waals surface area contributed by atoms with E-state index in [9.17, 15) is 18.0 Å². The van der Waals surface area contributed by atoms with Crippen molar-refractivity contribution in [3.05, 3.63) is 59.7 Å². The summed E-state index contributed by atoms with van der Waals surface area (Å²) in [6.07, 6.45) is 1.46. The second-order valence-corrected chi connectivity index (χ2v) is 10.9. The Labute approximate surface area is 209 Å². The number of sulfonamides is 1. The number of ether oxygens (including phenoxy) is 1. The van der Waals surface area contributed by atoms with E-state index in [1.165, 1.54) is 4.90 Å². The van der Waals surface area contributed by atoms with Gasteiger partial charge < -0.3 is 15.0 Å². The molecule has 1 atom stereocenters. The summed E-state index contributed by atoms with van der Waals surface area (Å²) in [5.74, 6) is 0.212. The summed E-state index contributed by atoms with van der Waals surface area (Å²) in [5, 5.41) is 2.91. The molecule has 2 amide bonds. The van der Waals surface area contributed by atoms with Crippen molar-refractivity contribution >= 4 is 27.5 Å². The Balaban J connectivity index is 2.41. The van der Waals surface area contributed by atoms with Gasteiger partial charge in [0.05, 0.1) is 19.1 Å². The fourth-order valence-corrected chi connectivity index (χ4v) is 4.51. The minimum atomic E-state index is -3.75. The van der Waals surface area contributed by atoms with Crippen LogP contribution >= 0.6 is 0 Å². The molecule has 0 heterocycles. The van der Waals surface area contributed by atoms with E-state index in [0.717, 1.165) is 21.7 Å². The molecule has 0 radical (unpaired) electrons. The van der Waals surface area contributed by atoms with Gasteiger partial charge in [0, 0.05) is 13.1 Å². The van der Waals surface area contributed by atoms with Crippen LogP contribution in [0.4, 0.5) is 5.69 Å². The van der Waals surface area contributed by atoms with Crippen LogP contribution in [0.2, 0.25) is 0 Å². The molecule has 0 aliphatic carbocycles. The lowest BCUT2D eigenvalue weighted by molar-refractivity contribution is -0.140. The van der Waals surface area contributed by atoms with Crippen LogP contribution in [0, 0.1) is 12.8 Å². The van der Waals surface area contributed by atoms with Crippen LogP contribution in [0.25, 0.3) is 0 Å². The zero-order valence-electron chi connectivity index (χ0n) is 21.4. The van der Waals surface area contributed by atoms with Crippen molar-refractivity contribution in [2.45, 2.75) is 46.7 Å². The van der Waals surface area contributed by atoms with Crippen molar-refractivity contribution in [1.82, 2.24) is 10.2 Å². The molecule has 1 N–H and O–H groups in total. The predicted molar refractivity (Wildman–Crippen MR) is 139 cm³/mol. The summed E-state index contributed by atoms with van der Waals surface area (Å²) in [4.78, 5) is 28.2. The van der Waals surface area contributed by atoms with Gasteiger partial charge in [-0.3, -0.25) is 13.9 Å². The van der Waals surface area contributed by atoms with Gasteiger partial charge in [0.25, 0.3) is 0 Å². The third-order valence-corrected chi connectivity index (χ3v) is 6.69. The fraction of sp³-hybridized carbons (Fsp3) is 0.462. The van der Waals surface area contributed by atoms with E-state index in [1.54, 1.807) is 37.4 Å². The number of hydrogen-bond acceptors (Lipinski definition) is 5. The summed E-state index contributed by atoms with van der Waals surface area (Å²) < 4.78 is 31.6. The zero-order valence-corrected chi connectivity index (χ0v) is 22.3. The monoisotopic (exact) mass is 503 g/mol. The number of benzene rings is 2. The molecule has 2 aromatic rings. The van der Waals surface area contributed by atoms with Gasteiger partial charge >= 0.3 is 0 Å². The van der Waals surface area contributed by atoms with Gasteiger partial charge in [0.1, 0.15) is 18.3 Å². The fourth-order valence-electron chi connectivity index (χ4n) is 3.67. The summed E-state index contributed by atoms with van der Waals surface area (Å²) in [7, 11) is -2.18. The molecule has 0 spiro atoms. The molecule has 0 aliphatic heterocycles. The molecule has 0 saturated carbocycles. The Kier molecular flexibility index (Phi) is 10.1. The van der Waals surface area contributed by atoms with Crippen LogP contribution < -0.4 is 14.4 Å². The highest BCUT2D eigenvalue weighted by atomic mass is 32.2. The molecule has 0 aromatic heterocycles. The highest BCUT2D eigenvalue weighted by Gasteiger charge is 2.31. The lowest BCUT2D eigenvalue weighted by Crippen LogP contribution is -2.52. The molecule has 192 valence electrons. The predicted octanol–water partition coefficient (Wildman–Crippen LogP) is 3.35. The third-order valence-electron chi connectivity index (χ3n) is 5.55. The Hall–Kier alpha value is -3.07. The van der Waals surface area contributed by atoms with E-state index < -0.39 is 28.5 Å². The van der Waals surface area contributed by atoms with E-state index >= 15 is 0 Å². The van der Waals surface area contributed by atoms with Crippen molar-refractivity contribution in [3.8, 4) is 5.75 Å². The maximum atomic E-state index is 13.6. The number of nitrogens with one attached hydrogen (secondary N) is 1. The molecule has 0 bridgehead atoms. The minimum Gasteiger partial charge on any atom is -0.497 e. The lowest BCUT2D eigenvalue weighted by atomic mass is 10.1. The van der Waals surface area contributed by atoms with E-state index in [1.807, 2.05) is 45.9 Å². The third kappa shape index (κ3) is 8.28. The normalized spacial score (nSPS) is 12.2. The summed E-state index contributed by atoms with van der Waals surface area (Å²) >= 11 is 0. The molecule has 35 heavy (non-hydrogen) atoms. The first-order valence-electron chi connectivity index (χ1n) is 11.7. The quantitative estimate of drug-likeness (QED) is 0.479. The first-order valence-corrected chi connectivity index (χ1v) is 13.6. The number of rotatable bonds is 12. The van der Waals surface area contributed by atoms with Gasteiger partial charge in [-0.25, -0.2) is 8.42 Å². The highest BCUT2D eigenvalue weighted by Crippen LogP contribution is 2.21. The standard InChI is InChI=1S/C26H37N3O5S/c1-7-24(26(31)27-16-19(2)3)28(17-21-11-13-23(34-5)14-12-21)25(30)18-29(35(6,32)33)22-10-8-9-20(4)15-22/h8-15,19,24H,7,16-18H2,1-6H3,(H,27,31)/t24-/m0/s1. The van der Waals surface area contributed by atoms with Crippen LogP contribution in [0.5, 0.6) is 5.75 Å². The summed E-state index contributed by atoms with van der Waals surface area (Å²) in [6.45, 7) is 7.91. The Morgan fingerprint density at radius 3 is 2.26 bits per heavy atom. The molecule has 0 fully saturated rings. The molecule has 8 nitrogen and oxygen atoms in total. The number of anilines is 1. The number of carbonyl (C=O) groups is 2. The molecular weight excluding hydrogens is 466 g/mol. The van der Waals surface area contributed by atoms with Crippen molar-refractivity contribution < 1.29 is 22.7 Å². The summed E-state index contributed by atoms with van der Waals surface area (Å²) in [5.41, 5.74) is 2.08. The maximum Gasteiger partial charge on any atom is 0.244 e. The Morgan fingerprint density at radius 1 is 1.09 bits per heavy atom. The first kappa shape index (κ1) is 28.2. The minimum absolute atomic E-state index is 0.155. The van der Waals surface area contributed by atoms with Crippen LogP contribution in [0.1, 0.15) is 38.3 Å². The Morgan fingerprint density at radius 2 is 1.74 bits per heavy atom. The first-order chi connectivity index (χ1) is 16.5. The number of nitrogens with zero attached hydrogens (tertiary/aromatic N) is 2. The molecule has 0 unspecified atom stereocenters. The van der Waals surface area contributed by atoms with Gasteiger partial charge in [-0.05, 0) is 54.7 Å². The van der Waals surface area contributed by atoms with Crippen molar-refractivity contribution in [3.63, 3.8) is 0 Å². The van der Waals surface area contributed by atoms with Crippen LogP contribution in [-0.2, 0) is 26.2 Å². The molecular formula is C26H37N3O5S. The second kappa shape index (κ2) is 12.6. The van der Waals surface area contributed by atoms with Gasteiger partial charge in [-0.1, -0.05) is 45.0 Å². The average molecular weight is 504 g/mol. The van der Waals surface area contributed by atoms with Crippen molar-refractivity contribution in [1.29, 1.82) is 0 Å². The van der Waals surface area contributed by atoms with Gasteiger partial charge in [-0.15, -0.1) is 0 Å². The zero-order chi connectivity index (χ0) is 26.2. The highest BCUT2D eigenvalue weighted by molar-refractivity contribution is 7.92. The number of methoxy groups -OCH3 is 1. The second-order valence-electron chi connectivity index (χ2n) is 9.04. The summed E-state index contributed by atoms with van der Waals surface area (Å²) in [6, 6.07) is 13.4. The number of aryl methyl sites for hydroxylation is 1. The number of amides is 2. The van der Waals surface area contributed by atoms with Crippen LogP contribution in [0.15, 0.2) is 48.5 Å². The van der Waals surface area contributed by atoms with Gasteiger partial charge in [0.15, 0.2) is 0 Å². The topological polar surface area (TPSA) is 96.0 Å². The van der Waals surface area contributed by atoms with E-state index in [-0.39, 0.29) is 18.4 Å². The van der Waals surface area contributed by atoms with Gasteiger partial charge in [-0.2, -0.15) is 0 Å². The van der Waals surface area contributed by atoms with Crippen LogP contribution in [0.3, 0.4) is 0 Å². The smallest absolute Gasteiger partial charge is 0.244 e. The molecule has 2 aromatic carbocycles. The van der Waals surface area contributed by atoms with Crippen molar-refractivity contribution in [2.24, 2.45) is 5.92 Å². The molecule has 2 rings (SSSR count). The van der Waals surface area contributed by atoms with E-state index in [0.29, 0.717) is 24.4 Å². The number of hydrogen-bond donors (Lipinski definition) is 1.